The maximum Gasteiger partial charge on any atom is 0.326 e. The van der Waals surface area contributed by atoms with Crippen LogP contribution in [0.4, 0.5) is 5.82 Å². The molecule has 1 aromatic heterocycles. The highest BCUT2D eigenvalue weighted by atomic mass is 16.4. The van der Waals surface area contributed by atoms with Gasteiger partial charge in [-0.1, -0.05) is 20.3 Å². The van der Waals surface area contributed by atoms with Crippen LogP contribution in [-0.2, 0) is 17.6 Å². The first-order valence-corrected chi connectivity index (χ1v) is 6.91. The summed E-state index contributed by atoms with van der Waals surface area (Å²) >= 11 is 0. The molecule has 1 atom stereocenters. The predicted molar refractivity (Wildman–Crippen MR) is 73.2 cm³/mol. The van der Waals surface area contributed by atoms with E-state index in [0.29, 0.717) is 5.82 Å². The van der Waals surface area contributed by atoms with Gasteiger partial charge in [0.25, 0.3) is 0 Å². The van der Waals surface area contributed by atoms with Crippen molar-refractivity contribution in [2.24, 2.45) is 5.92 Å². The molecule has 104 valence electrons. The van der Waals surface area contributed by atoms with Crippen molar-refractivity contribution in [3.05, 3.63) is 17.6 Å². The Morgan fingerprint density at radius 2 is 2.00 bits per heavy atom. The molecule has 1 aliphatic rings. The second-order valence-corrected chi connectivity index (χ2v) is 5.41. The number of nitrogens with zero attached hydrogens (tertiary/aromatic N) is 2. The second kappa shape index (κ2) is 5.99. The third-order valence-corrected chi connectivity index (χ3v) is 3.60. The van der Waals surface area contributed by atoms with Gasteiger partial charge in [-0.25, -0.2) is 14.8 Å². The quantitative estimate of drug-likeness (QED) is 0.815. The molecule has 0 aliphatic heterocycles. The van der Waals surface area contributed by atoms with Gasteiger partial charge in [-0.05, 0) is 31.6 Å². The number of nitrogens with one attached hydrogen (secondary N) is 1. The third kappa shape index (κ3) is 3.22. The summed E-state index contributed by atoms with van der Waals surface area (Å²) in [7, 11) is 0. The van der Waals surface area contributed by atoms with E-state index in [1.54, 1.807) is 0 Å². The molecule has 0 spiro atoms. The first-order valence-electron chi connectivity index (χ1n) is 6.91. The Morgan fingerprint density at radius 3 is 2.68 bits per heavy atom. The average Bonchev–Trinajstić information content (AvgIpc) is 2.60. The van der Waals surface area contributed by atoms with Crippen molar-refractivity contribution in [3.8, 4) is 0 Å². The maximum absolute atomic E-state index is 11.3. The first kappa shape index (κ1) is 13.8. The van der Waals surface area contributed by atoms with Gasteiger partial charge in [0.1, 0.15) is 18.2 Å². The molecule has 0 amide bonds. The Labute approximate surface area is 113 Å². The number of carboxylic acids is 1. The topological polar surface area (TPSA) is 75.1 Å². The summed E-state index contributed by atoms with van der Waals surface area (Å²) in [5.41, 5.74) is 2.18. The number of hydrogen-bond acceptors (Lipinski definition) is 4. The second-order valence-electron chi connectivity index (χ2n) is 5.41. The van der Waals surface area contributed by atoms with Crippen molar-refractivity contribution in [1.29, 1.82) is 0 Å². The van der Waals surface area contributed by atoms with Crippen molar-refractivity contribution in [1.82, 2.24) is 9.97 Å². The smallest absolute Gasteiger partial charge is 0.326 e. The summed E-state index contributed by atoms with van der Waals surface area (Å²) < 4.78 is 0. The number of aryl methyl sites for hydroxylation is 1. The van der Waals surface area contributed by atoms with Crippen molar-refractivity contribution in [2.75, 3.05) is 5.32 Å². The lowest BCUT2D eigenvalue weighted by Crippen LogP contribution is -2.35. The highest BCUT2D eigenvalue weighted by molar-refractivity contribution is 5.77. The molecule has 1 aliphatic carbocycles. The van der Waals surface area contributed by atoms with Crippen LogP contribution in [0.25, 0.3) is 0 Å². The number of rotatable bonds is 4. The number of hydrogen-bond donors (Lipinski definition) is 2. The van der Waals surface area contributed by atoms with Gasteiger partial charge in [0.05, 0.1) is 0 Å². The van der Waals surface area contributed by atoms with Crippen molar-refractivity contribution >= 4 is 11.8 Å². The predicted octanol–water partition coefficient (Wildman–Crippen LogP) is 2.27. The number of carboxylic acid groups (broad SMARTS) is 1. The standard InChI is InChI=1S/C14H21N3O2/c1-9(2)12(14(18)19)17-13-10-6-4-3-5-7-11(10)15-8-16-13/h8-9,12H,3-7H2,1-2H3,(H,18,19)(H,15,16,17). The summed E-state index contributed by atoms with van der Waals surface area (Å²) in [5.74, 6) is -0.127. The van der Waals surface area contributed by atoms with E-state index >= 15 is 0 Å². The Kier molecular flexibility index (Phi) is 4.35. The fraction of sp³-hybridized carbons (Fsp3) is 0.643. The average molecular weight is 263 g/mol. The van der Waals surface area contributed by atoms with Gasteiger partial charge in [-0.3, -0.25) is 0 Å². The molecule has 1 unspecified atom stereocenters. The molecule has 0 saturated carbocycles. The summed E-state index contributed by atoms with van der Waals surface area (Å²) in [6.07, 6.45) is 6.90. The zero-order valence-electron chi connectivity index (χ0n) is 11.5. The molecule has 1 aromatic rings. The maximum atomic E-state index is 11.3. The minimum Gasteiger partial charge on any atom is -0.480 e. The fourth-order valence-corrected chi connectivity index (χ4v) is 2.48. The minimum absolute atomic E-state index is 0.00823. The van der Waals surface area contributed by atoms with E-state index in [9.17, 15) is 9.90 Å². The minimum atomic E-state index is -0.837. The van der Waals surface area contributed by atoms with Crippen LogP contribution in [0, 0.1) is 5.92 Å². The van der Waals surface area contributed by atoms with Gasteiger partial charge >= 0.3 is 5.97 Å². The molecule has 0 radical (unpaired) electrons. The van der Waals surface area contributed by atoms with Crippen LogP contribution in [0.3, 0.4) is 0 Å². The number of anilines is 1. The molecule has 19 heavy (non-hydrogen) atoms. The van der Waals surface area contributed by atoms with E-state index in [1.807, 2.05) is 13.8 Å². The van der Waals surface area contributed by atoms with Gasteiger partial charge in [-0.15, -0.1) is 0 Å². The molecule has 1 heterocycles. The molecular formula is C14H21N3O2. The van der Waals surface area contributed by atoms with E-state index in [0.717, 1.165) is 36.9 Å². The lowest BCUT2D eigenvalue weighted by molar-refractivity contribution is -0.138. The molecule has 0 bridgehead atoms. The van der Waals surface area contributed by atoms with Crippen LogP contribution >= 0.6 is 0 Å². The lowest BCUT2D eigenvalue weighted by atomic mass is 10.0. The summed E-state index contributed by atoms with van der Waals surface area (Å²) in [4.78, 5) is 19.9. The highest BCUT2D eigenvalue weighted by Gasteiger charge is 2.24. The van der Waals surface area contributed by atoms with Gasteiger partial charge in [-0.2, -0.15) is 0 Å². The van der Waals surface area contributed by atoms with E-state index in [1.165, 1.54) is 12.7 Å². The fourth-order valence-electron chi connectivity index (χ4n) is 2.48. The van der Waals surface area contributed by atoms with Gasteiger partial charge in [0.2, 0.25) is 0 Å². The molecule has 0 saturated heterocycles. The van der Waals surface area contributed by atoms with E-state index in [-0.39, 0.29) is 5.92 Å². The van der Waals surface area contributed by atoms with Crippen LogP contribution in [0.1, 0.15) is 44.4 Å². The van der Waals surface area contributed by atoms with Gasteiger partial charge in [0, 0.05) is 11.3 Å². The third-order valence-electron chi connectivity index (χ3n) is 3.60. The molecule has 2 rings (SSSR count). The molecule has 0 fully saturated rings. The van der Waals surface area contributed by atoms with E-state index in [2.05, 4.69) is 15.3 Å². The first-order chi connectivity index (χ1) is 9.09. The number of aromatic nitrogens is 2. The zero-order valence-corrected chi connectivity index (χ0v) is 11.5. The van der Waals surface area contributed by atoms with Gasteiger partial charge in [0.15, 0.2) is 0 Å². The molecule has 5 heteroatoms. The SMILES string of the molecule is CC(C)C(Nc1ncnc2c1CCCCC2)C(=O)O. The normalized spacial score (nSPS) is 16.6. The van der Waals surface area contributed by atoms with Crippen LogP contribution < -0.4 is 5.32 Å². The molecule has 0 aromatic carbocycles. The van der Waals surface area contributed by atoms with Crippen molar-refractivity contribution in [3.63, 3.8) is 0 Å². The Balaban J connectivity index is 2.27. The van der Waals surface area contributed by atoms with Crippen molar-refractivity contribution in [2.45, 2.75) is 52.0 Å². The molecule has 2 N–H and O–H groups in total. The Morgan fingerprint density at radius 1 is 1.26 bits per heavy atom. The largest absolute Gasteiger partial charge is 0.480 e. The number of carbonyl (C=O) groups is 1. The number of aliphatic carboxylic acids is 1. The lowest BCUT2D eigenvalue weighted by Gasteiger charge is -2.20. The summed E-state index contributed by atoms with van der Waals surface area (Å²) in [6, 6.07) is -0.609. The molecule has 5 nitrogen and oxygen atoms in total. The summed E-state index contributed by atoms with van der Waals surface area (Å²) in [6.45, 7) is 3.79. The Bertz CT molecular complexity index is 460. The van der Waals surface area contributed by atoms with Crippen LogP contribution in [-0.4, -0.2) is 27.1 Å². The Hall–Kier alpha value is -1.65. The highest BCUT2D eigenvalue weighted by Crippen LogP contribution is 2.25. The summed E-state index contributed by atoms with van der Waals surface area (Å²) in [5, 5.41) is 12.3. The van der Waals surface area contributed by atoms with Crippen LogP contribution in [0.5, 0.6) is 0 Å². The van der Waals surface area contributed by atoms with Crippen molar-refractivity contribution < 1.29 is 9.90 Å². The van der Waals surface area contributed by atoms with E-state index in [4.69, 9.17) is 0 Å². The number of fused-ring (bicyclic) bond motifs is 1. The monoisotopic (exact) mass is 263 g/mol. The van der Waals surface area contributed by atoms with E-state index < -0.39 is 12.0 Å². The van der Waals surface area contributed by atoms with Crippen LogP contribution in [0.2, 0.25) is 0 Å². The molecular weight excluding hydrogens is 242 g/mol. The van der Waals surface area contributed by atoms with Crippen LogP contribution in [0.15, 0.2) is 6.33 Å². The van der Waals surface area contributed by atoms with Gasteiger partial charge < -0.3 is 10.4 Å². The zero-order chi connectivity index (χ0) is 13.8.